The van der Waals surface area contributed by atoms with Crippen molar-refractivity contribution < 1.29 is 9.59 Å². The minimum atomic E-state index is -0.376. The van der Waals surface area contributed by atoms with Gasteiger partial charge < -0.3 is 5.32 Å². The molecule has 0 aliphatic carbocycles. The largest absolute Gasteiger partial charge is 0.350 e. The number of para-hydroxylation sites is 1. The van der Waals surface area contributed by atoms with Gasteiger partial charge in [-0.05, 0) is 61.7 Å². The smallest absolute Gasteiger partial charge is 0.282 e. The van der Waals surface area contributed by atoms with Gasteiger partial charge >= 0.3 is 0 Å². The van der Waals surface area contributed by atoms with Crippen LogP contribution in [0, 0.1) is 20.8 Å². The van der Waals surface area contributed by atoms with Crippen molar-refractivity contribution in [1.82, 2.24) is 0 Å². The van der Waals surface area contributed by atoms with Gasteiger partial charge in [0, 0.05) is 10.7 Å². The summed E-state index contributed by atoms with van der Waals surface area (Å²) in [6.07, 6.45) is 0. The van der Waals surface area contributed by atoms with Crippen LogP contribution < -0.4 is 10.2 Å². The monoisotopic (exact) mass is 416 g/mol. The molecule has 30 heavy (non-hydrogen) atoms. The van der Waals surface area contributed by atoms with Gasteiger partial charge in [0.15, 0.2) is 0 Å². The first kappa shape index (κ1) is 19.9. The summed E-state index contributed by atoms with van der Waals surface area (Å²) >= 11 is 6.08. The molecule has 3 aromatic carbocycles. The summed E-state index contributed by atoms with van der Waals surface area (Å²) < 4.78 is 0. The average molecular weight is 417 g/mol. The third-order valence-electron chi connectivity index (χ3n) is 5.23. The summed E-state index contributed by atoms with van der Waals surface area (Å²) in [5.74, 6) is -0.716. The normalized spacial score (nSPS) is 13.9. The molecule has 0 saturated heterocycles. The number of amides is 2. The second-order valence-corrected chi connectivity index (χ2v) is 7.87. The van der Waals surface area contributed by atoms with E-state index in [0.717, 1.165) is 22.4 Å². The molecule has 2 amide bonds. The summed E-state index contributed by atoms with van der Waals surface area (Å²) in [5, 5.41) is 3.82. The van der Waals surface area contributed by atoms with E-state index < -0.39 is 0 Å². The Hall–Kier alpha value is -3.37. The van der Waals surface area contributed by atoms with Gasteiger partial charge in [0.05, 0.1) is 11.3 Å². The zero-order valence-corrected chi connectivity index (χ0v) is 17.7. The molecule has 1 aliphatic heterocycles. The van der Waals surface area contributed by atoms with Crippen LogP contribution in [0.5, 0.6) is 0 Å². The van der Waals surface area contributed by atoms with Crippen LogP contribution in [0.1, 0.15) is 22.3 Å². The Morgan fingerprint density at radius 2 is 1.50 bits per heavy atom. The fraction of sp³-hybridized carbons (Fsp3) is 0.120. The van der Waals surface area contributed by atoms with E-state index >= 15 is 0 Å². The highest BCUT2D eigenvalue weighted by molar-refractivity contribution is 6.46. The zero-order valence-electron chi connectivity index (χ0n) is 17.0. The summed E-state index contributed by atoms with van der Waals surface area (Å²) in [4.78, 5) is 28.2. The van der Waals surface area contributed by atoms with Crippen molar-refractivity contribution in [2.24, 2.45) is 0 Å². The van der Waals surface area contributed by atoms with Crippen molar-refractivity contribution in [2.75, 3.05) is 10.2 Å². The lowest BCUT2D eigenvalue weighted by molar-refractivity contribution is -0.120. The molecule has 0 saturated carbocycles. The van der Waals surface area contributed by atoms with Crippen LogP contribution in [0.25, 0.3) is 5.57 Å². The first-order chi connectivity index (χ1) is 14.4. The van der Waals surface area contributed by atoms with Crippen molar-refractivity contribution in [1.29, 1.82) is 0 Å². The van der Waals surface area contributed by atoms with Crippen LogP contribution in [0.2, 0.25) is 5.02 Å². The lowest BCUT2D eigenvalue weighted by Gasteiger charge is -2.18. The number of anilines is 2. The number of nitrogens with zero attached hydrogens (tertiary/aromatic N) is 1. The Labute approximate surface area is 180 Å². The number of carbonyl (C=O) groups excluding carboxylic acids is 2. The van der Waals surface area contributed by atoms with Crippen LogP contribution in [0.3, 0.4) is 0 Å². The number of halogens is 1. The maximum absolute atomic E-state index is 13.5. The van der Waals surface area contributed by atoms with E-state index in [2.05, 4.69) is 5.32 Å². The fourth-order valence-corrected chi connectivity index (χ4v) is 3.80. The number of hydrogen-bond acceptors (Lipinski definition) is 3. The highest BCUT2D eigenvalue weighted by atomic mass is 35.5. The Balaban J connectivity index is 1.86. The molecule has 1 heterocycles. The SMILES string of the molecule is Cc1ccc(C2=C(Nc3ccc(Cl)cc3C)C(=O)N(c3ccccc3C)C2=O)cc1. The molecule has 3 aromatic rings. The maximum atomic E-state index is 13.5. The second-order valence-electron chi connectivity index (χ2n) is 7.43. The number of rotatable bonds is 4. The molecule has 5 heteroatoms. The van der Waals surface area contributed by atoms with Crippen LogP contribution in [0.15, 0.2) is 72.4 Å². The van der Waals surface area contributed by atoms with E-state index in [1.807, 2.05) is 75.4 Å². The summed E-state index contributed by atoms with van der Waals surface area (Å²) in [6, 6.07) is 20.4. The number of hydrogen-bond donors (Lipinski definition) is 1. The lowest BCUT2D eigenvalue weighted by atomic mass is 10.0. The van der Waals surface area contributed by atoms with Gasteiger partial charge in [-0.3, -0.25) is 9.59 Å². The first-order valence-corrected chi connectivity index (χ1v) is 10.0. The molecule has 0 radical (unpaired) electrons. The molecule has 4 nitrogen and oxygen atoms in total. The molecule has 0 unspecified atom stereocenters. The molecule has 1 N–H and O–H groups in total. The third-order valence-corrected chi connectivity index (χ3v) is 5.46. The van der Waals surface area contributed by atoms with Gasteiger partial charge in [-0.1, -0.05) is 59.6 Å². The van der Waals surface area contributed by atoms with Gasteiger partial charge in [-0.2, -0.15) is 0 Å². The van der Waals surface area contributed by atoms with Gasteiger partial charge in [0.1, 0.15) is 5.70 Å². The molecule has 4 rings (SSSR count). The van der Waals surface area contributed by atoms with E-state index in [4.69, 9.17) is 11.6 Å². The van der Waals surface area contributed by atoms with E-state index in [9.17, 15) is 9.59 Å². The molecule has 1 aliphatic rings. The molecule has 0 atom stereocenters. The quantitative estimate of drug-likeness (QED) is 0.558. The van der Waals surface area contributed by atoms with Gasteiger partial charge in [0.25, 0.3) is 11.8 Å². The predicted octanol–water partition coefficient (Wildman–Crippen LogP) is 5.66. The average Bonchev–Trinajstić information content (AvgIpc) is 2.95. The minimum absolute atomic E-state index is 0.262. The lowest BCUT2D eigenvalue weighted by Crippen LogP contribution is -2.33. The van der Waals surface area contributed by atoms with E-state index in [0.29, 0.717) is 21.8 Å². The van der Waals surface area contributed by atoms with Gasteiger partial charge in [-0.25, -0.2) is 4.90 Å². The molecular formula is C25H21ClN2O2. The van der Waals surface area contributed by atoms with E-state index in [1.54, 1.807) is 12.1 Å². The van der Waals surface area contributed by atoms with Crippen molar-refractivity contribution >= 4 is 40.4 Å². The Kier molecular flexibility index (Phi) is 5.18. The van der Waals surface area contributed by atoms with Gasteiger partial charge in [0.2, 0.25) is 0 Å². The summed E-state index contributed by atoms with van der Waals surface area (Å²) in [7, 11) is 0. The van der Waals surface area contributed by atoms with Crippen molar-refractivity contribution in [3.8, 4) is 0 Å². The highest BCUT2D eigenvalue weighted by Gasteiger charge is 2.40. The Bertz CT molecular complexity index is 1200. The molecule has 0 bridgehead atoms. The highest BCUT2D eigenvalue weighted by Crippen LogP contribution is 2.35. The molecule has 0 fully saturated rings. The van der Waals surface area contributed by atoms with Crippen LogP contribution >= 0.6 is 11.6 Å². The van der Waals surface area contributed by atoms with E-state index in [-0.39, 0.29) is 17.5 Å². The predicted molar refractivity (Wildman–Crippen MR) is 122 cm³/mol. The third kappa shape index (κ3) is 3.51. The molecule has 0 aromatic heterocycles. The molecule has 0 spiro atoms. The number of benzene rings is 3. The van der Waals surface area contributed by atoms with Gasteiger partial charge in [-0.15, -0.1) is 0 Å². The molecular weight excluding hydrogens is 396 g/mol. The van der Waals surface area contributed by atoms with Crippen LogP contribution in [0.4, 0.5) is 11.4 Å². The molecule has 150 valence electrons. The fourth-order valence-electron chi connectivity index (χ4n) is 3.57. The van der Waals surface area contributed by atoms with E-state index in [1.165, 1.54) is 4.90 Å². The number of aryl methyl sites for hydroxylation is 3. The zero-order chi connectivity index (χ0) is 21.4. The second kappa shape index (κ2) is 7.81. The number of nitrogens with one attached hydrogen (secondary N) is 1. The van der Waals surface area contributed by atoms with Crippen molar-refractivity contribution in [3.63, 3.8) is 0 Å². The Morgan fingerprint density at radius 1 is 0.800 bits per heavy atom. The van der Waals surface area contributed by atoms with Crippen LogP contribution in [-0.4, -0.2) is 11.8 Å². The minimum Gasteiger partial charge on any atom is -0.350 e. The van der Waals surface area contributed by atoms with Crippen molar-refractivity contribution in [2.45, 2.75) is 20.8 Å². The van der Waals surface area contributed by atoms with Crippen LogP contribution in [-0.2, 0) is 9.59 Å². The summed E-state index contributed by atoms with van der Waals surface area (Å²) in [6.45, 7) is 5.77. The topological polar surface area (TPSA) is 49.4 Å². The van der Waals surface area contributed by atoms with Crippen molar-refractivity contribution in [3.05, 3.63) is 99.7 Å². The first-order valence-electron chi connectivity index (χ1n) is 9.65. The number of imide groups is 1. The Morgan fingerprint density at radius 3 is 2.17 bits per heavy atom. The maximum Gasteiger partial charge on any atom is 0.282 e. The summed E-state index contributed by atoms with van der Waals surface area (Å²) in [5.41, 5.74) is 5.45. The standard InChI is InChI=1S/C25H21ClN2O2/c1-15-8-10-18(11-9-15)22-23(27-20-13-12-19(26)14-17(20)3)25(30)28(24(22)29)21-7-5-4-6-16(21)2/h4-14,27H,1-3H3. The number of carbonyl (C=O) groups is 2.